The van der Waals surface area contributed by atoms with Gasteiger partial charge in [0.15, 0.2) is 0 Å². The number of benzene rings is 3. The Labute approximate surface area is 153 Å². The van der Waals surface area contributed by atoms with Gasteiger partial charge in [-0.15, -0.1) is 0 Å². The fraction of sp³-hybridized carbons (Fsp3) is 0.182. The first-order valence-electron chi connectivity index (χ1n) is 8.14. The molecule has 0 saturated heterocycles. The Hall–Kier alpha value is -1.62. The van der Waals surface area contributed by atoms with Crippen LogP contribution in [0.25, 0.3) is 0 Å². The van der Waals surface area contributed by atoms with E-state index in [1.165, 1.54) is 21.5 Å². The number of halogens is 1. The van der Waals surface area contributed by atoms with Crippen LogP contribution in [0.4, 0.5) is 0 Å². The van der Waals surface area contributed by atoms with Crippen molar-refractivity contribution in [1.82, 2.24) is 0 Å². The monoisotopic (exact) mass is 354 g/mol. The van der Waals surface area contributed by atoms with E-state index in [9.17, 15) is 0 Å². The highest BCUT2D eigenvalue weighted by atomic mass is 35.5. The van der Waals surface area contributed by atoms with Crippen LogP contribution in [0.15, 0.2) is 84.9 Å². The smallest absolute Gasteiger partial charge is 0.102 e. The molecule has 0 radical (unpaired) electrons. The zero-order valence-electron chi connectivity index (χ0n) is 14.5. The summed E-state index contributed by atoms with van der Waals surface area (Å²) in [6, 6.07) is 31.1. The molecule has 0 spiro atoms. The lowest BCUT2D eigenvalue weighted by Gasteiger charge is -2.19. The summed E-state index contributed by atoms with van der Waals surface area (Å²) in [5.41, 5.74) is 1.59. The van der Waals surface area contributed by atoms with E-state index in [1.807, 2.05) is 0 Å². The summed E-state index contributed by atoms with van der Waals surface area (Å²) in [5.74, 6) is 0. The van der Waals surface area contributed by atoms with Gasteiger partial charge in [-0.2, -0.15) is 0 Å². The summed E-state index contributed by atoms with van der Waals surface area (Å²) < 4.78 is 0. The molecular weight excluding hydrogens is 331 g/mol. The van der Waals surface area contributed by atoms with Crippen LogP contribution in [0.1, 0.15) is 26.3 Å². The Morgan fingerprint density at radius 1 is 0.542 bits per heavy atom. The van der Waals surface area contributed by atoms with Crippen molar-refractivity contribution in [2.24, 2.45) is 0 Å². The first-order valence-corrected chi connectivity index (χ1v) is 9.64. The third-order valence-electron chi connectivity index (χ3n) is 4.16. The van der Waals surface area contributed by atoms with Crippen molar-refractivity contribution in [1.29, 1.82) is 0 Å². The second-order valence-electron chi connectivity index (χ2n) is 6.93. The zero-order valence-corrected chi connectivity index (χ0v) is 16.2. The lowest BCUT2D eigenvalue weighted by molar-refractivity contribution is -0.00000490. The molecule has 124 valence electrons. The number of hydrogen-bond donors (Lipinski definition) is 0. The molecule has 0 aliphatic carbocycles. The van der Waals surface area contributed by atoms with Gasteiger partial charge in [-0.05, 0) is 47.4 Å². The van der Waals surface area contributed by atoms with E-state index in [1.54, 1.807) is 0 Å². The van der Waals surface area contributed by atoms with Crippen molar-refractivity contribution in [3.63, 3.8) is 0 Å². The molecule has 2 heteroatoms. The van der Waals surface area contributed by atoms with Crippen LogP contribution in [0.3, 0.4) is 0 Å². The van der Waals surface area contributed by atoms with E-state index in [2.05, 4.69) is 106 Å². The Morgan fingerprint density at radius 2 is 0.917 bits per heavy atom. The van der Waals surface area contributed by atoms with Crippen molar-refractivity contribution in [3.8, 4) is 0 Å². The quantitative estimate of drug-likeness (QED) is 0.625. The van der Waals surface area contributed by atoms with Crippen molar-refractivity contribution >= 4 is 23.8 Å². The standard InChI is InChI=1S/C22H23P.ClH/c1-22(2,3)18-14-16-21(17-15-18)23(19-10-6-4-7-11-19)20-12-8-5-9-13-20;/h4-17H,1-3H3;1H. The minimum atomic E-state index is -0.939. The molecule has 0 saturated carbocycles. The first-order chi connectivity index (χ1) is 11.1. The molecule has 0 heterocycles. The van der Waals surface area contributed by atoms with Gasteiger partial charge in [0.2, 0.25) is 0 Å². The largest absolute Gasteiger partial charge is 1.00 e. The van der Waals surface area contributed by atoms with E-state index in [0.717, 1.165) is 0 Å². The van der Waals surface area contributed by atoms with Gasteiger partial charge in [0.1, 0.15) is 15.9 Å². The summed E-state index contributed by atoms with van der Waals surface area (Å²) in [7, 11) is -0.939. The number of rotatable bonds is 3. The summed E-state index contributed by atoms with van der Waals surface area (Å²) in [5, 5.41) is 4.32. The minimum absolute atomic E-state index is 0. The third-order valence-corrected chi connectivity index (χ3v) is 6.90. The third kappa shape index (κ3) is 4.26. The molecule has 0 nitrogen and oxygen atoms in total. The highest BCUT2D eigenvalue weighted by Gasteiger charge is 2.25. The molecule has 3 aromatic carbocycles. The lowest BCUT2D eigenvalue weighted by Crippen LogP contribution is -3.00. The fourth-order valence-electron chi connectivity index (χ4n) is 2.85. The van der Waals surface area contributed by atoms with Gasteiger partial charge >= 0.3 is 0 Å². The second-order valence-corrected chi connectivity index (χ2v) is 9.42. The molecule has 0 fully saturated rings. The van der Waals surface area contributed by atoms with Gasteiger partial charge in [-0.3, -0.25) is 0 Å². The van der Waals surface area contributed by atoms with Gasteiger partial charge in [0.25, 0.3) is 0 Å². The molecule has 0 N–H and O–H groups in total. The molecule has 0 atom stereocenters. The molecule has 3 aromatic rings. The van der Waals surface area contributed by atoms with Gasteiger partial charge in [-0.25, -0.2) is 0 Å². The molecule has 0 aliphatic rings. The van der Waals surface area contributed by atoms with Crippen molar-refractivity contribution in [2.75, 3.05) is 0 Å². The van der Waals surface area contributed by atoms with E-state index in [0.29, 0.717) is 0 Å². The topological polar surface area (TPSA) is 0 Å². The molecular formula is C22H24ClP. The van der Waals surface area contributed by atoms with E-state index < -0.39 is 7.92 Å². The Bertz CT molecular complexity index is 704. The van der Waals surface area contributed by atoms with Crippen LogP contribution < -0.4 is 28.3 Å². The fourth-order valence-corrected chi connectivity index (χ4v) is 5.40. The van der Waals surface area contributed by atoms with E-state index in [4.69, 9.17) is 0 Å². The predicted molar refractivity (Wildman–Crippen MR) is 105 cm³/mol. The summed E-state index contributed by atoms with van der Waals surface area (Å²) in [6.07, 6.45) is 0. The first kappa shape index (κ1) is 18.7. The summed E-state index contributed by atoms with van der Waals surface area (Å²) >= 11 is 0. The van der Waals surface area contributed by atoms with Crippen molar-refractivity contribution in [3.05, 3.63) is 90.5 Å². The lowest BCUT2D eigenvalue weighted by atomic mass is 9.87. The van der Waals surface area contributed by atoms with Crippen LogP contribution in [-0.4, -0.2) is 0 Å². The van der Waals surface area contributed by atoms with Crippen LogP contribution in [0, 0.1) is 0 Å². The zero-order chi connectivity index (χ0) is 16.3. The Morgan fingerprint density at radius 3 is 1.29 bits per heavy atom. The molecule has 24 heavy (non-hydrogen) atoms. The predicted octanol–water partition coefficient (Wildman–Crippen LogP) is 1.48. The normalized spacial score (nSPS) is 11.2. The Kier molecular flexibility index (Phi) is 6.21. The maximum absolute atomic E-state index is 2.33. The minimum Gasteiger partial charge on any atom is -1.00 e. The SMILES string of the molecule is CC(C)(C)c1ccc([PH+](c2ccccc2)c2ccccc2)cc1.[Cl-]. The molecule has 0 aliphatic heterocycles. The highest BCUT2D eigenvalue weighted by molar-refractivity contribution is 7.79. The molecule has 0 amide bonds. The van der Waals surface area contributed by atoms with Gasteiger partial charge in [-0.1, -0.05) is 69.3 Å². The Balaban J connectivity index is 0.00000208. The van der Waals surface area contributed by atoms with Crippen molar-refractivity contribution in [2.45, 2.75) is 26.2 Å². The van der Waals surface area contributed by atoms with Crippen LogP contribution in [0.2, 0.25) is 0 Å². The van der Waals surface area contributed by atoms with Gasteiger partial charge in [0, 0.05) is 0 Å². The maximum atomic E-state index is 2.33. The maximum Gasteiger partial charge on any atom is 0.102 e. The van der Waals surface area contributed by atoms with Gasteiger partial charge < -0.3 is 12.4 Å². The average molecular weight is 355 g/mol. The van der Waals surface area contributed by atoms with E-state index >= 15 is 0 Å². The molecule has 0 bridgehead atoms. The van der Waals surface area contributed by atoms with Crippen molar-refractivity contribution < 1.29 is 12.4 Å². The molecule has 0 unspecified atom stereocenters. The van der Waals surface area contributed by atoms with Crippen LogP contribution in [-0.2, 0) is 5.41 Å². The van der Waals surface area contributed by atoms with Crippen LogP contribution in [0.5, 0.6) is 0 Å². The molecule has 0 aromatic heterocycles. The second kappa shape index (κ2) is 7.97. The van der Waals surface area contributed by atoms with Crippen LogP contribution >= 0.6 is 7.92 Å². The summed E-state index contributed by atoms with van der Waals surface area (Å²) in [4.78, 5) is 0. The van der Waals surface area contributed by atoms with E-state index in [-0.39, 0.29) is 17.8 Å². The highest BCUT2D eigenvalue weighted by Crippen LogP contribution is 2.33. The number of hydrogen-bond acceptors (Lipinski definition) is 0. The average Bonchev–Trinajstić information content (AvgIpc) is 2.57. The van der Waals surface area contributed by atoms with Gasteiger partial charge in [0.05, 0.1) is 7.92 Å². The summed E-state index contributed by atoms with van der Waals surface area (Å²) in [6.45, 7) is 6.80. The molecule has 3 rings (SSSR count).